The van der Waals surface area contributed by atoms with E-state index in [1.807, 2.05) is 0 Å². The van der Waals surface area contributed by atoms with E-state index in [2.05, 4.69) is 15.8 Å². The first-order valence-corrected chi connectivity index (χ1v) is 7.69. The predicted octanol–water partition coefficient (Wildman–Crippen LogP) is 1.99. The van der Waals surface area contributed by atoms with Crippen molar-refractivity contribution in [2.45, 2.75) is 13.0 Å². The molecule has 1 atom stereocenters. The van der Waals surface area contributed by atoms with Gasteiger partial charge >= 0.3 is 0 Å². The van der Waals surface area contributed by atoms with E-state index in [4.69, 9.17) is 16.1 Å². The molecule has 0 fully saturated rings. The minimum absolute atomic E-state index is 0.00657. The van der Waals surface area contributed by atoms with E-state index in [0.717, 1.165) is 5.56 Å². The van der Waals surface area contributed by atoms with E-state index in [-0.39, 0.29) is 18.4 Å². The van der Waals surface area contributed by atoms with E-state index in [1.165, 1.54) is 0 Å². The smallest absolute Gasteiger partial charge is 0.241 e. The number of anilines is 1. The molecular weight excluding hydrogens is 332 g/mol. The number of carbonyl (C=O) groups is 2. The highest BCUT2D eigenvalue weighted by atomic mass is 35.5. The molecule has 1 aromatic carbocycles. The summed E-state index contributed by atoms with van der Waals surface area (Å²) in [6, 6.07) is 7.94. The molecule has 0 spiro atoms. The Morgan fingerprint density at radius 3 is 2.54 bits per heavy atom. The molecule has 128 valence electrons. The minimum atomic E-state index is -0.614. The van der Waals surface area contributed by atoms with Gasteiger partial charge in [-0.1, -0.05) is 28.9 Å². The second kappa shape index (κ2) is 7.94. The Hall–Kier alpha value is -2.38. The molecule has 1 aromatic heterocycles. The predicted molar refractivity (Wildman–Crippen MR) is 90.8 cm³/mol. The maximum Gasteiger partial charge on any atom is 0.241 e. The van der Waals surface area contributed by atoms with Crippen molar-refractivity contribution >= 4 is 29.2 Å². The number of nitrogens with zero attached hydrogens (tertiary/aromatic N) is 2. The van der Waals surface area contributed by atoms with Gasteiger partial charge < -0.3 is 15.2 Å². The molecule has 0 saturated carbocycles. The van der Waals surface area contributed by atoms with Crippen LogP contribution in [0.3, 0.4) is 0 Å². The molecule has 0 radical (unpaired) electrons. The van der Waals surface area contributed by atoms with Gasteiger partial charge in [-0.15, -0.1) is 0 Å². The van der Waals surface area contributed by atoms with E-state index < -0.39 is 6.04 Å². The van der Waals surface area contributed by atoms with Gasteiger partial charge in [-0.3, -0.25) is 14.5 Å². The lowest BCUT2D eigenvalue weighted by Gasteiger charge is -2.26. The number of halogens is 1. The van der Waals surface area contributed by atoms with Gasteiger partial charge in [0.2, 0.25) is 11.8 Å². The summed E-state index contributed by atoms with van der Waals surface area (Å²) in [5.41, 5.74) is 0.742. The SMILES string of the molecule is CNC(=O)C(c1ccc(Cl)cc1)N(C)CC(=O)Nc1cc(C)on1. The van der Waals surface area contributed by atoms with Crippen LogP contribution in [-0.4, -0.2) is 42.5 Å². The summed E-state index contributed by atoms with van der Waals surface area (Å²) in [6.07, 6.45) is 0. The molecular formula is C16H19ClN4O3. The van der Waals surface area contributed by atoms with E-state index in [1.54, 1.807) is 56.3 Å². The molecule has 8 heteroatoms. The summed E-state index contributed by atoms with van der Waals surface area (Å²) in [5.74, 6) is 0.426. The summed E-state index contributed by atoms with van der Waals surface area (Å²) in [7, 11) is 3.25. The Morgan fingerprint density at radius 2 is 2.00 bits per heavy atom. The quantitative estimate of drug-likeness (QED) is 0.832. The molecule has 0 aliphatic rings. The first kappa shape index (κ1) is 18.0. The number of rotatable bonds is 6. The standard InChI is InChI=1S/C16H19ClN4O3/c1-10-8-13(20-24-10)19-14(22)9-21(3)15(16(23)18-2)11-4-6-12(17)7-5-11/h4-8,15H,9H2,1-3H3,(H,18,23)(H,19,20,22). The van der Waals surface area contributed by atoms with Crippen LogP contribution in [0.25, 0.3) is 0 Å². The van der Waals surface area contributed by atoms with Gasteiger partial charge in [0, 0.05) is 18.1 Å². The Labute approximate surface area is 144 Å². The normalized spacial score (nSPS) is 12.0. The molecule has 0 saturated heterocycles. The van der Waals surface area contributed by atoms with Crippen LogP contribution in [0.2, 0.25) is 5.02 Å². The van der Waals surface area contributed by atoms with E-state index in [0.29, 0.717) is 16.6 Å². The Bertz CT molecular complexity index is 714. The van der Waals surface area contributed by atoms with Crippen LogP contribution >= 0.6 is 11.6 Å². The van der Waals surface area contributed by atoms with Crippen molar-refractivity contribution in [2.24, 2.45) is 0 Å². The summed E-state index contributed by atoms with van der Waals surface area (Å²) >= 11 is 5.89. The molecule has 24 heavy (non-hydrogen) atoms. The number of hydrogen-bond acceptors (Lipinski definition) is 5. The summed E-state index contributed by atoms with van der Waals surface area (Å²) in [6.45, 7) is 1.74. The fourth-order valence-corrected chi connectivity index (χ4v) is 2.44. The topological polar surface area (TPSA) is 87.5 Å². The lowest BCUT2D eigenvalue weighted by Crippen LogP contribution is -2.40. The maximum atomic E-state index is 12.2. The zero-order valence-electron chi connectivity index (χ0n) is 13.7. The van der Waals surface area contributed by atoms with E-state index in [9.17, 15) is 9.59 Å². The lowest BCUT2D eigenvalue weighted by atomic mass is 10.0. The third-order valence-corrected chi connectivity index (χ3v) is 3.66. The molecule has 7 nitrogen and oxygen atoms in total. The first-order chi connectivity index (χ1) is 11.4. The lowest BCUT2D eigenvalue weighted by molar-refractivity contribution is -0.126. The first-order valence-electron chi connectivity index (χ1n) is 7.31. The summed E-state index contributed by atoms with van der Waals surface area (Å²) in [5, 5.41) is 9.53. The van der Waals surface area contributed by atoms with Crippen molar-refractivity contribution in [1.82, 2.24) is 15.4 Å². The van der Waals surface area contributed by atoms with Gasteiger partial charge in [-0.05, 0) is 31.7 Å². The highest BCUT2D eigenvalue weighted by molar-refractivity contribution is 6.30. The Kier molecular flexibility index (Phi) is 5.94. The molecule has 2 N–H and O–H groups in total. The molecule has 0 aliphatic heterocycles. The van der Waals surface area contributed by atoms with Gasteiger partial charge in [0.15, 0.2) is 5.82 Å². The van der Waals surface area contributed by atoms with Crippen LogP contribution in [0.1, 0.15) is 17.4 Å². The monoisotopic (exact) mass is 350 g/mol. The number of aromatic nitrogens is 1. The highest BCUT2D eigenvalue weighted by Crippen LogP contribution is 2.21. The number of benzene rings is 1. The van der Waals surface area contributed by atoms with Gasteiger partial charge in [-0.25, -0.2) is 0 Å². The third kappa shape index (κ3) is 4.56. The number of amides is 2. The Balaban J connectivity index is 2.09. The van der Waals surface area contributed by atoms with Gasteiger partial charge in [0.25, 0.3) is 0 Å². The van der Waals surface area contributed by atoms with Crippen LogP contribution in [0, 0.1) is 6.92 Å². The molecule has 2 aromatic rings. The minimum Gasteiger partial charge on any atom is -0.360 e. The van der Waals surface area contributed by atoms with Gasteiger partial charge in [0.05, 0.1) is 6.54 Å². The summed E-state index contributed by atoms with van der Waals surface area (Å²) < 4.78 is 4.90. The molecule has 2 amide bonds. The average molecular weight is 351 g/mol. The van der Waals surface area contributed by atoms with Crippen molar-refractivity contribution < 1.29 is 14.1 Å². The molecule has 0 aliphatic carbocycles. The average Bonchev–Trinajstić information content (AvgIpc) is 2.94. The maximum absolute atomic E-state index is 12.2. The van der Waals surface area contributed by atoms with Crippen LogP contribution in [-0.2, 0) is 9.59 Å². The molecule has 2 rings (SSSR count). The van der Waals surface area contributed by atoms with Crippen LogP contribution in [0.4, 0.5) is 5.82 Å². The molecule has 1 unspecified atom stereocenters. The van der Waals surface area contributed by atoms with Crippen molar-refractivity contribution in [3.05, 3.63) is 46.7 Å². The largest absolute Gasteiger partial charge is 0.360 e. The fourth-order valence-electron chi connectivity index (χ4n) is 2.31. The molecule has 0 bridgehead atoms. The zero-order valence-corrected chi connectivity index (χ0v) is 14.4. The number of likely N-dealkylation sites (N-methyl/N-ethyl adjacent to an activating group) is 2. The second-order valence-corrected chi connectivity index (χ2v) is 5.79. The zero-order chi connectivity index (χ0) is 17.7. The fraction of sp³-hybridized carbons (Fsp3) is 0.312. The van der Waals surface area contributed by atoms with Crippen molar-refractivity contribution in [3.63, 3.8) is 0 Å². The van der Waals surface area contributed by atoms with Crippen molar-refractivity contribution in [2.75, 3.05) is 26.0 Å². The van der Waals surface area contributed by atoms with Crippen molar-refractivity contribution in [1.29, 1.82) is 0 Å². The van der Waals surface area contributed by atoms with Gasteiger partial charge in [-0.2, -0.15) is 0 Å². The number of aryl methyl sites for hydroxylation is 1. The third-order valence-electron chi connectivity index (χ3n) is 3.41. The van der Waals surface area contributed by atoms with Crippen LogP contribution < -0.4 is 10.6 Å². The number of carbonyl (C=O) groups excluding carboxylic acids is 2. The molecule has 1 heterocycles. The van der Waals surface area contributed by atoms with E-state index >= 15 is 0 Å². The number of hydrogen-bond donors (Lipinski definition) is 2. The summed E-state index contributed by atoms with van der Waals surface area (Å²) in [4.78, 5) is 26.0. The van der Waals surface area contributed by atoms with Crippen LogP contribution in [0.5, 0.6) is 0 Å². The van der Waals surface area contributed by atoms with Crippen molar-refractivity contribution in [3.8, 4) is 0 Å². The number of nitrogens with one attached hydrogen (secondary N) is 2. The Morgan fingerprint density at radius 1 is 1.33 bits per heavy atom. The van der Waals surface area contributed by atoms with Crippen LogP contribution in [0.15, 0.2) is 34.9 Å². The second-order valence-electron chi connectivity index (χ2n) is 5.35. The van der Waals surface area contributed by atoms with Gasteiger partial charge in [0.1, 0.15) is 11.8 Å². The highest BCUT2D eigenvalue weighted by Gasteiger charge is 2.26.